The molecular formula is C24H33N3O5S. The van der Waals surface area contributed by atoms with Gasteiger partial charge in [0.05, 0.1) is 13.2 Å². The Labute approximate surface area is 196 Å². The van der Waals surface area contributed by atoms with Gasteiger partial charge in [-0.3, -0.25) is 9.59 Å². The predicted molar refractivity (Wildman–Crippen MR) is 124 cm³/mol. The molecule has 1 spiro atoms. The zero-order valence-electron chi connectivity index (χ0n) is 19.2. The van der Waals surface area contributed by atoms with Crippen LogP contribution in [0.4, 0.5) is 0 Å². The van der Waals surface area contributed by atoms with Gasteiger partial charge in [-0.15, -0.1) is 0 Å². The summed E-state index contributed by atoms with van der Waals surface area (Å²) in [6, 6.07) is 6.56. The van der Waals surface area contributed by atoms with Crippen LogP contribution in [0.1, 0.15) is 44.9 Å². The number of allylic oxidation sites excluding steroid dienone is 1. The number of hydrogen-bond acceptors (Lipinski definition) is 5. The van der Waals surface area contributed by atoms with Gasteiger partial charge in [-0.1, -0.05) is 23.8 Å². The SMILES string of the molecule is CNC(=O)CN1CC2(CCN(C(=O)CC3=CCCCC3)CC2)COc2ccccc2S1(=O)=O. The minimum Gasteiger partial charge on any atom is -0.492 e. The first kappa shape index (κ1) is 23.8. The number of nitrogens with zero attached hydrogens (tertiary/aromatic N) is 2. The van der Waals surface area contributed by atoms with E-state index >= 15 is 0 Å². The van der Waals surface area contributed by atoms with Crippen LogP contribution in [-0.4, -0.2) is 69.3 Å². The quantitative estimate of drug-likeness (QED) is 0.675. The van der Waals surface area contributed by atoms with Crippen LogP contribution >= 0.6 is 0 Å². The highest BCUT2D eigenvalue weighted by atomic mass is 32.2. The van der Waals surface area contributed by atoms with Crippen molar-refractivity contribution < 1.29 is 22.7 Å². The number of likely N-dealkylation sites (N-methyl/N-ethyl adjacent to an activating group) is 1. The largest absolute Gasteiger partial charge is 0.492 e. The number of rotatable bonds is 4. The van der Waals surface area contributed by atoms with Crippen molar-refractivity contribution in [1.82, 2.24) is 14.5 Å². The van der Waals surface area contributed by atoms with Gasteiger partial charge in [0.1, 0.15) is 10.6 Å². The summed E-state index contributed by atoms with van der Waals surface area (Å²) in [5, 5.41) is 2.53. The van der Waals surface area contributed by atoms with Gasteiger partial charge in [0.25, 0.3) is 0 Å². The van der Waals surface area contributed by atoms with E-state index in [1.807, 2.05) is 4.90 Å². The first-order valence-electron chi connectivity index (χ1n) is 11.7. The smallest absolute Gasteiger partial charge is 0.247 e. The molecule has 9 heteroatoms. The standard InChI is InChI=1S/C24H33N3O5S/c1-25-22(28)16-27-17-24(18-32-20-9-5-6-10-21(20)33(27,30)31)11-13-26(14-12-24)23(29)15-19-7-3-2-4-8-19/h5-7,9-10H,2-4,8,11-18H2,1H3,(H,25,28). The molecule has 8 nitrogen and oxygen atoms in total. The Morgan fingerprint density at radius 1 is 1.15 bits per heavy atom. The number of carbonyl (C=O) groups is 2. The molecule has 0 bridgehead atoms. The normalized spacial score (nSPS) is 22.3. The molecule has 180 valence electrons. The van der Waals surface area contributed by atoms with Gasteiger partial charge < -0.3 is 15.0 Å². The summed E-state index contributed by atoms with van der Waals surface area (Å²) in [5.41, 5.74) is 0.774. The van der Waals surface area contributed by atoms with Crippen molar-refractivity contribution in [1.29, 1.82) is 0 Å². The van der Waals surface area contributed by atoms with E-state index in [1.165, 1.54) is 29.4 Å². The lowest BCUT2D eigenvalue weighted by molar-refractivity contribution is -0.133. The molecule has 3 aliphatic rings. The molecule has 0 radical (unpaired) electrons. The van der Waals surface area contributed by atoms with Crippen LogP contribution in [0, 0.1) is 5.41 Å². The fraction of sp³-hybridized carbons (Fsp3) is 0.583. The lowest BCUT2D eigenvalue weighted by Gasteiger charge is -2.45. The third-order valence-electron chi connectivity index (χ3n) is 7.05. The Morgan fingerprint density at radius 2 is 1.91 bits per heavy atom. The molecule has 2 aliphatic heterocycles. The second kappa shape index (κ2) is 9.85. The Hall–Kier alpha value is -2.39. The summed E-state index contributed by atoms with van der Waals surface area (Å²) < 4.78 is 34.2. The summed E-state index contributed by atoms with van der Waals surface area (Å²) >= 11 is 0. The van der Waals surface area contributed by atoms with Crippen molar-refractivity contribution in [2.24, 2.45) is 5.41 Å². The zero-order valence-corrected chi connectivity index (χ0v) is 20.0. The Bertz CT molecular complexity index is 1030. The summed E-state index contributed by atoms with van der Waals surface area (Å²) in [6.45, 7) is 1.41. The Balaban J connectivity index is 1.52. The third-order valence-corrected chi connectivity index (χ3v) is 8.88. The Morgan fingerprint density at radius 3 is 2.61 bits per heavy atom. The average Bonchev–Trinajstić information content (AvgIpc) is 2.83. The van der Waals surface area contributed by atoms with E-state index in [9.17, 15) is 18.0 Å². The van der Waals surface area contributed by atoms with E-state index in [2.05, 4.69) is 11.4 Å². The van der Waals surface area contributed by atoms with Gasteiger partial charge in [-0.05, 0) is 50.7 Å². The molecular weight excluding hydrogens is 442 g/mol. The van der Waals surface area contributed by atoms with Crippen molar-refractivity contribution in [2.75, 3.05) is 39.8 Å². The second-order valence-electron chi connectivity index (χ2n) is 9.35. The maximum absolute atomic E-state index is 13.4. The van der Waals surface area contributed by atoms with E-state index < -0.39 is 15.4 Å². The van der Waals surface area contributed by atoms with Gasteiger partial charge in [0, 0.05) is 38.5 Å². The summed E-state index contributed by atoms with van der Waals surface area (Å²) in [4.78, 5) is 27.0. The lowest BCUT2D eigenvalue weighted by Crippen LogP contribution is -2.53. The number of likely N-dealkylation sites (tertiary alicyclic amines) is 1. The molecule has 0 atom stereocenters. The van der Waals surface area contributed by atoms with Gasteiger partial charge in [0.15, 0.2) is 0 Å². The van der Waals surface area contributed by atoms with Crippen molar-refractivity contribution >= 4 is 21.8 Å². The number of piperidine rings is 1. The number of hydrogen-bond donors (Lipinski definition) is 1. The fourth-order valence-corrected chi connectivity index (χ4v) is 6.58. The molecule has 2 amide bonds. The molecule has 1 aliphatic carbocycles. The predicted octanol–water partition coefficient (Wildman–Crippen LogP) is 2.31. The number of nitrogens with one attached hydrogen (secondary N) is 1. The average molecular weight is 476 g/mol. The molecule has 2 heterocycles. The molecule has 1 N–H and O–H groups in total. The van der Waals surface area contributed by atoms with Crippen LogP contribution in [0.5, 0.6) is 5.75 Å². The highest BCUT2D eigenvalue weighted by Crippen LogP contribution is 2.39. The van der Waals surface area contributed by atoms with E-state index in [-0.39, 0.29) is 29.8 Å². The molecule has 0 saturated carbocycles. The van der Waals surface area contributed by atoms with Crippen molar-refractivity contribution in [3.8, 4) is 5.75 Å². The minimum atomic E-state index is -3.91. The van der Waals surface area contributed by atoms with E-state index in [0.29, 0.717) is 44.7 Å². The number of ether oxygens (including phenoxy) is 1. The number of carbonyl (C=O) groups excluding carboxylic acids is 2. The maximum Gasteiger partial charge on any atom is 0.247 e. The molecule has 0 aromatic heterocycles. The number of para-hydroxylation sites is 1. The van der Waals surface area contributed by atoms with Crippen LogP contribution in [0.2, 0.25) is 0 Å². The third kappa shape index (κ3) is 5.24. The second-order valence-corrected chi connectivity index (χ2v) is 11.3. The summed E-state index contributed by atoms with van der Waals surface area (Å²) in [7, 11) is -2.42. The molecule has 33 heavy (non-hydrogen) atoms. The van der Waals surface area contributed by atoms with Crippen LogP contribution in [0.15, 0.2) is 40.8 Å². The molecule has 4 rings (SSSR count). The summed E-state index contributed by atoms with van der Waals surface area (Å²) in [6.07, 6.45) is 8.34. The molecule has 0 unspecified atom stereocenters. The van der Waals surface area contributed by atoms with Gasteiger partial charge in [-0.25, -0.2) is 8.42 Å². The maximum atomic E-state index is 13.4. The number of amides is 2. The van der Waals surface area contributed by atoms with Gasteiger partial charge in [-0.2, -0.15) is 4.31 Å². The highest BCUT2D eigenvalue weighted by Gasteiger charge is 2.44. The van der Waals surface area contributed by atoms with E-state index in [1.54, 1.807) is 18.2 Å². The topological polar surface area (TPSA) is 96.0 Å². The van der Waals surface area contributed by atoms with Crippen LogP contribution < -0.4 is 10.1 Å². The zero-order chi connectivity index (χ0) is 23.5. The number of benzene rings is 1. The van der Waals surface area contributed by atoms with E-state index in [4.69, 9.17) is 4.74 Å². The molecule has 1 fully saturated rings. The van der Waals surface area contributed by atoms with Crippen LogP contribution in [0.25, 0.3) is 0 Å². The highest BCUT2D eigenvalue weighted by molar-refractivity contribution is 7.89. The fourth-order valence-electron chi connectivity index (χ4n) is 4.94. The first-order chi connectivity index (χ1) is 15.8. The Kier molecular flexibility index (Phi) is 7.09. The number of fused-ring (bicyclic) bond motifs is 1. The van der Waals surface area contributed by atoms with Crippen molar-refractivity contribution in [3.63, 3.8) is 0 Å². The van der Waals surface area contributed by atoms with Crippen LogP contribution in [-0.2, 0) is 19.6 Å². The monoisotopic (exact) mass is 475 g/mol. The van der Waals surface area contributed by atoms with E-state index in [0.717, 1.165) is 19.3 Å². The number of sulfonamides is 1. The lowest BCUT2D eigenvalue weighted by atomic mass is 9.78. The van der Waals surface area contributed by atoms with Gasteiger partial charge >= 0.3 is 0 Å². The minimum absolute atomic E-state index is 0.0807. The molecule has 1 saturated heterocycles. The molecule has 1 aromatic carbocycles. The first-order valence-corrected chi connectivity index (χ1v) is 13.2. The van der Waals surface area contributed by atoms with Gasteiger partial charge in [0.2, 0.25) is 21.8 Å². The van der Waals surface area contributed by atoms with Crippen LogP contribution in [0.3, 0.4) is 0 Å². The van der Waals surface area contributed by atoms with Crippen molar-refractivity contribution in [2.45, 2.75) is 49.8 Å². The van der Waals surface area contributed by atoms with Crippen molar-refractivity contribution in [3.05, 3.63) is 35.9 Å². The molecule has 1 aromatic rings. The summed E-state index contributed by atoms with van der Waals surface area (Å²) in [5.74, 6) is 0.0900.